The molecule has 2 nitrogen and oxygen atoms in total. The maximum atomic E-state index is 12.3. The molecule has 2 rings (SSSR count). The van der Waals surface area contributed by atoms with Crippen LogP contribution in [0, 0.1) is 6.92 Å². The van der Waals surface area contributed by atoms with Gasteiger partial charge in [-0.05, 0) is 24.6 Å². The highest BCUT2D eigenvalue weighted by Gasteiger charge is 2.33. The van der Waals surface area contributed by atoms with Crippen LogP contribution in [-0.4, -0.2) is 9.97 Å². The fraction of sp³-hybridized carbons (Fsp3) is 0.200. The lowest BCUT2D eigenvalue weighted by atomic mass is 10.2. The summed E-state index contributed by atoms with van der Waals surface area (Å²) < 4.78 is 36.9. The van der Waals surface area contributed by atoms with Gasteiger partial charge in [0.2, 0.25) is 0 Å². The zero-order valence-electron chi connectivity index (χ0n) is 7.84. The van der Waals surface area contributed by atoms with E-state index in [1.807, 2.05) is 0 Å². The number of halogens is 3. The third-order valence-electron chi connectivity index (χ3n) is 1.99. The highest BCUT2D eigenvalue weighted by atomic mass is 19.4. The van der Waals surface area contributed by atoms with E-state index in [9.17, 15) is 13.2 Å². The van der Waals surface area contributed by atoms with E-state index in [0.29, 0.717) is 5.52 Å². The van der Waals surface area contributed by atoms with Crippen molar-refractivity contribution in [2.75, 3.05) is 0 Å². The first-order valence-electron chi connectivity index (χ1n) is 4.27. The Morgan fingerprint density at radius 3 is 2.53 bits per heavy atom. The maximum Gasteiger partial charge on any atom is 0.434 e. The zero-order chi connectivity index (χ0) is 11.1. The van der Waals surface area contributed by atoms with Gasteiger partial charge < -0.3 is 0 Å². The molecule has 0 bridgehead atoms. The highest BCUT2D eigenvalue weighted by molar-refractivity contribution is 5.74. The Morgan fingerprint density at radius 1 is 1.13 bits per heavy atom. The number of rotatable bonds is 0. The number of aromatic nitrogens is 2. The van der Waals surface area contributed by atoms with Gasteiger partial charge in [0.15, 0.2) is 5.69 Å². The van der Waals surface area contributed by atoms with Crippen molar-refractivity contribution in [3.05, 3.63) is 35.7 Å². The van der Waals surface area contributed by atoms with Gasteiger partial charge in [0, 0.05) is 0 Å². The second-order valence-corrected chi connectivity index (χ2v) is 3.25. The summed E-state index contributed by atoms with van der Waals surface area (Å²) in [5.41, 5.74) is 0.634. The van der Waals surface area contributed by atoms with Crippen molar-refractivity contribution in [2.45, 2.75) is 13.1 Å². The average molecular weight is 212 g/mol. The summed E-state index contributed by atoms with van der Waals surface area (Å²) >= 11 is 0. The minimum Gasteiger partial charge on any atom is -0.252 e. The molecule has 0 unspecified atom stereocenters. The lowest BCUT2D eigenvalue weighted by Gasteiger charge is -2.05. The van der Waals surface area contributed by atoms with Crippen LogP contribution in [0.15, 0.2) is 24.4 Å². The summed E-state index contributed by atoms with van der Waals surface area (Å²) in [6.45, 7) is 1.79. The van der Waals surface area contributed by atoms with E-state index in [1.54, 1.807) is 25.1 Å². The minimum atomic E-state index is -4.44. The van der Waals surface area contributed by atoms with Crippen molar-refractivity contribution >= 4 is 11.0 Å². The van der Waals surface area contributed by atoms with Gasteiger partial charge in [-0.25, -0.2) is 4.98 Å². The van der Waals surface area contributed by atoms with Crippen LogP contribution in [-0.2, 0) is 6.18 Å². The van der Waals surface area contributed by atoms with Crippen molar-refractivity contribution < 1.29 is 13.2 Å². The standard InChI is InChI=1S/C10H7F3N2/c1-6-2-3-7-8(4-6)15-9(5-14-7)10(11,12)13/h2-5H,1H3. The molecule has 1 heterocycles. The number of fused-ring (bicyclic) bond motifs is 1. The molecule has 0 aliphatic rings. The molecule has 0 saturated heterocycles. The Morgan fingerprint density at radius 2 is 1.87 bits per heavy atom. The Bertz CT molecular complexity index is 505. The Balaban J connectivity index is 2.64. The summed E-state index contributed by atoms with van der Waals surface area (Å²) in [4.78, 5) is 7.23. The SMILES string of the molecule is Cc1ccc2ncc(C(F)(F)F)nc2c1. The quantitative estimate of drug-likeness (QED) is 0.670. The molecule has 15 heavy (non-hydrogen) atoms. The number of nitrogens with zero attached hydrogens (tertiary/aromatic N) is 2. The normalized spacial score (nSPS) is 12.0. The van der Waals surface area contributed by atoms with Crippen molar-refractivity contribution in [1.29, 1.82) is 0 Å². The van der Waals surface area contributed by atoms with Crippen LogP contribution in [0.4, 0.5) is 13.2 Å². The Kier molecular flexibility index (Phi) is 2.10. The van der Waals surface area contributed by atoms with Crippen LogP contribution in [0.5, 0.6) is 0 Å². The zero-order valence-corrected chi connectivity index (χ0v) is 7.84. The van der Waals surface area contributed by atoms with Gasteiger partial charge >= 0.3 is 6.18 Å². The molecule has 0 amide bonds. The van der Waals surface area contributed by atoms with Crippen LogP contribution in [0.2, 0.25) is 0 Å². The van der Waals surface area contributed by atoms with E-state index in [2.05, 4.69) is 9.97 Å². The summed E-state index contributed by atoms with van der Waals surface area (Å²) in [5, 5.41) is 0. The third-order valence-corrected chi connectivity index (χ3v) is 1.99. The largest absolute Gasteiger partial charge is 0.434 e. The first-order valence-corrected chi connectivity index (χ1v) is 4.27. The van der Waals surface area contributed by atoms with E-state index in [1.165, 1.54) is 0 Å². The van der Waals surface area contributed by atoms with Crippen LogP contribution in [0.1, 0.15) is 11.3 Å². The molecule has 0 spiro atoms. The fourth-order valence-electron chi connectivity index (χ4n) is 1.26. The molecule has 1 aromatic carbocycles. The van der Waals surface area contributed by atoms with Gasteiger partial charge in [0.05, 0.1) is 17.2 Å². The molecule has 2 aromatic rings. The molecule has 5 heteroatoms. The number of benzene rings is 1. The predicted octanol–water partition coefficient (Wildman–Crippen LogP) is 2.96. The van der Waals surface area contributed by atoms with Crippen LogP contribution >= 0.6 is 0 Å². The first kappa shape index (κ1) is 9.89. The summed E-state index contributed by atoms with van der Waals surface area (Å²) in [6.07, 6.45) is -3.69. The lowest BCUT2D eigenvalue weighted by Crippen LogP contribution is -2.08. The van der Waals surface area contributed by atoms with E-state index < -0.39 is 11.9 Å². The predicted molar refractivity (Wildman–Crippen MR) is 49.3 cm³/mol. The second-order valence-electron chi connectivity index (χ2n) is 3.25. The Labute approximate surface area is 83.8 Å². The van der Waals surface area contributed by atoms with E-state index in [4.69, 9.17) is 0 Å². The monoisotopic (exact) mass is 212 g/mol. The van der Waals surface area contributed by atoms with Crippen LogP contribution in [0.25, 0.3) is 11.0 Å². The molecule has 78 valence electrons. The van der Waals surface area contributed by atoms with E-state index in [-0.39, 0.29) is 5.52 Å². The smallest absolute Gasteiger partial charge is 0.252 e. The van der Waals surface area contributed by atoms with Crippen molar-refractivity contribution in [2.24, 2.45) is 0 Å². The van der Waals surface area contributed by atoms with Crippen LogP contribution in [0.3, 0.4) is 0 Å². The van der Waals surface area contributed by atoms with Gasteiger partial charge in [-0.2, -0.15) is 13.2 Å². The number of alkyl halides is 3. The molecule has 0 saturated carbocycles. The molecular weight excluding hydrogens is 205 g/mol. The molecule has 0 aliphatic carbocycles. The lowest BCUT2D eigenvalue weighted by molar-refractivity contribution is -0.141. The van der Waals surface area contributed by atoms with E-state index in [0.717, 1.165) is 11.8 Å². The molecule has 0 radical (unpaired) electrons. The van der Waals surface area contributed by atoms with Gasteiger partial charge in [-0.15, -0.1) is 0 Å². The van der Waals surface area contributed by atoms with Gasteiger partial charge in [-0.1, -0.05) is 6.07 Å². The molecule has 0 fully saturated rings. The van der Waals surface area contributed by atoms with E-state index >= 15 is 0 Å². The number of aryl methyl sites for hydroxylation is 1. The second kappa shape index (κ2) is 3.18. The maximum absolute atomic E-state index is 12.3. The molecule has 0 aliphatic heterocycles. The van der Waals surface area contributed by atoms with Crippen molar-refractivity contribution in [1.82, 2.24) is 9.97 Å². The molecule has 0 N–H and O–H groups in total. The summed E-state index contributed by atoms with van der Waals surface area (Å²) in [7, 11) is 0. The molecule has 0 atom stereocenters. The number of hydrogen-bond acceptors (Lipinski definition) is 2. The topological polar surface area (TPSA) is 25.8 Å². The van der Waals surface area contributed by atoms with Crippen molar-refractivity contribution in [3.8, 4) is 0 Å². The number of hydrogen-bond donors (Lipinski definition) is 0. The molecular formula is C10H7F3N2. The van der Waals surface area contributed by atoms with Gasteiger partial charge in [0.1, 0.15) is 0 Å². The average Bonchev–Trinajstić information content (AvgIpc) is 2.15. The minimum absolute atomic E-state index is 0.268. The fourth-order valence-corrected chi connectivity index (χ4v) is 1.26. The summed E-state index contributed by atoms with van der Waals surface area (Å²) in [6, 6.07) is 5.01. The van der Waals surface area contributed by atoms with Gasteiger partial charge in [0.25, 0.3) is 0 Å². The Hall–Kier alpha value is -1.65. The molecule has 1 aromatic heterocycles. The highest BCUT2D eigenvalue weighted by Crippen LogP contribution is 2.28. The third kappa shape index (κ3) is 1.91. The van der Waals surface area contributed by atoms with Gasteiger partial charge in [-0.3, -0.25) is 4.98 Å². The first-order chi connectivity index (χ1) is 6.97. The summed E-state index contributed by atoms with van der Waals surface area (Å²) in [5.74, 6) is 0. The van der Waals surface area contributed by atoms with Crippen LogP contribution < -0.4 is 0 Å². The van der Waals surface area contributed by atoms with Crippen molar-refractivity contribution in [3.63, 3.8) is 0 Å².